The number of carbonyl (C=O) groups is 2. The molecule has 0 atom stereocenters. The lowest BCUT2D eigenvalue weighted by atomic mass is 10.1. The molecule has 37 heavy (non-hydrogen) atoms. The maximum atomic E-state index is 13.2. The summed E-state index contributed by atoms with van der Waals surface area (Å²) in [5.41, 5.74) is 2.13. The van der Waals surface area contributed by atoms with Gasteiger partial charge in [0.25, 0.3) is 5.91 Å². The number of fused-ring (bicyclic) bond motifs is 1. The zero-order chi connectivity index (χ0) is 26.9. The number of aromatic nitrogens is 1. The zero-order valence-electron chi connectivity index (χ0n) is 19.0. The Balaban J connectivity index is 1.58. The van der Waals surface area contributed by atoms with Gasteiger partial charge in [-0.2, -0.15) is 0 Å². The van der Waals surface area contributed by atoms with Crippen LogP contribution < -0.4 is 14.8 Å². The van der Waals surface area contributed by atoms with Gasteiger partial charge in [-0.1, -0.05) is 11.8 Å². The fourth-order valence-corrected chi connectivity index (χ4v) is 7.97. The third-order valence-electron chi connectivity index (χ3n) is 5.17. The first-order valence-electron chi connectivity index (χ1n) is 10.3. The normalized spacial score (nSPS) is 11.0. The molecule has 2 N–H and O–H groups in total. The van der Waals surface area contributed by atoms with Gasteiger partial charge in [-0.25, -0.2) is 9.78 Å². The molecule has 0 unspecified atom stereocenters. The number of ether oxygens (including phenoxy) is 2. The number of nitrogens with one attached hydrogen (secondary N) is 1. The molecule has 0 saturated heterocycles. The molecule has 0 aliphatic carbocycles. The standard InChI is InChI=1S/C24H16Br4N2O5S2/c1-34-12-4-6-14(35-2)10(7-12)9-36-24-30-13-5-3-11(8-15(13)37-24)29-22(31)16-17(23(32)33)19(26)21(28)20(27)18(16)25/h3-8H,9H2,1-2H3,(H,29,31)(H,32,33). The van der Waals surface area contributed by atoms with Crippen LogP contribution in [0.3, 0.4) is 0 Å². The number of benzene rings is 3. The molecule has 4 rings (SSSR count). The topological polar surface area (TPSA) is 97.8 Å². The molecule has 0 aliphatic rings. The second kappa shape index (κ2) is 12.0. The minimum absolute atomic E-state index is 0.0117. The molecule has 192 valence electrons. The summed E-state index contributed by atoms with van der Waals surface area (Å²) >= 11 is 16.4. The first kappa shape index (κ1) is 28.4. The predicted octanol–water partition coefficient (Wildman–Crippen LogP) is 8.61. The average Bonchev–Trinajstić information content (AvgIpc) is 3.29. The van der Waals surface area contributed by atoms with Crippen molar-refractivity contribution in [1.29, 1.82) is 0 Å². The van der Waals surface area contributed by atoms with Crippen LogP contribution in [0.15, 0.2) is 58.6 Å². The quantitative estimate of drug-likeness (QED) is 0.105. The van der Waals surface area contributed by atoms with Crippen molar-refractivity contribution in [3.63, 3.8) is 0 Å². The highest BCUT2D eigenvalue weighted by Gasteiger charge is 2.28. The number of hydrogen-bond acceptors (Lipinski definition) is 7. The summed E-state index contributed by atoms with van der Waals surface area (Å²) < 4.78 is 14.1. The second-order valence-electron chi connectivity index (χ2n) is 7.39. The Bertz CT molecular complexity index is 1540. The number of aromatic carboxylic acids is 1. The molecule has 0 spiro atoms. The van der Waals surface area contributed by atoms with Gasteiger partial charge in [-0.15, -0.1) is 11.3 Å². The van der Waals surface area contributed by atoms with E-state index in [0.29, 0.717) is 24.9 Å². The van der Waals surface area contributed by atoms with Crippen LogP contribution in [0.25, 0.3) is 10.2 Å². The largest absolute Gasteiger partial charge is 0.497 e. The SMILES string of the molecule is COc1ccc(OC)c(CSc2nc3ccc(NC(=O)c4c(Br)c(Br)c(Br)c(Br)c4C(=O)O)cc3s2)c1. The first-order valence-corrected chi connectivity index (χ1v) is 15.3. The second-order valence-corrected chi connectivity index (χ2v) is 12.8. The van der Waals surface area contributed by atoms with E-state index in [1.54, 1.807) is 32.0 Å². The molecule has 0 bridgehead atoms. The lowest BCUT2D eigenvalue weighted by Crippen LogP contribution is -2.18. The van der Waals surface area contributed by atoms with Crippen LogP contribution in [0.2, 0.25) is 0 Å². The smallest absolute Gasteiger partial charge is 0.337 e. The van der Waals surface area contributed by atoms with Gasteiger partial charge >= 0.3 is 5.97 Å². The number of carboxylic acids is 1. The van der Waals surface area contributed by atoms with Gasteiger partial charge in [0, 0.05) is 34.9 Å². The minimum atomic E-state index is -1.24. The third kappa shape index (κ3) is 6.01. The van der Waals surface area contributed by atoms with Crippen LogP contribution in [0.5, 0.6) is 11.5 Å². The first-order chi connectivity index (χ1) is 17.6. The van der Waals surface area contributed by atoms with Gasteiger partial charge in [0.05, 0.1) is 35.6 Å². The number of amides is 1. The summed E-state index contributed by atoms with van der Waals surface area (Å²) in [5.74, 6) is 0.365. The number of thiazole rings is 1. The van der Waals surface area contributed by atoms with E-state index in [4.69, 9.17) is 9.47 Å². The van der Waals surface area contributed by atoms with Crippen molar-refractivity contribution in [3.8, 4) is 11.5 Å². The van der Waals surface area contributed by atoms with Crippen molar-refractivity contribution in [2.24, 2.45) is 0 Å². The Morgan fingerprint density at radius 3 is 2.32 bits per heavy atom. The van der Waals surface area contributed by atoms with Gasteiger partial charge < -0.3 is 19.9 Å². The number of halogens is 4. The zero-order valence-corrected chi connectivity index (χ0v) is 27.0. The maximum absolute atomic E-state index is 13.2. The molecular formula is C24H16Br4N2O5S2. The molecule has 1 aromatic heterocycles. The van der Waals surface area contributed by atoms with E-state index in [1.165, 1.54) is 11.3 Å². The predicted molar refractivity (Wildman–Crippen MR) is 161 cm³/mol. The van der Waals surface area contributed by atoms with E-state index in [0.717, 1.165) is 31.6 Å². The molecule has 0 aliphatic heterocycles. The Kier molecular flexibility index (Phi) is 9.23. The molecule has 1 amide bonds. The molecule has 13 heteroatoms. The van der Waals surface area contributed by atoms with Gasteiger partial charge in [0.2, 0.25) is 0 Å². The van der Waals surface area contributed by atoms with Crippen LogP contribution >= 0.6 is 86.8 Å². The maximum Gasteiger partial charge on any atom is 0.337 e. The van der Waals surface area contributed by atoms with Crippen LogP contribution in [0.4, 0.5) is 5.69 Å². The van der Waals surface area contributed by atoms with E-state index in [2.05, 4.69) is 74.0 Å². The minimum Gasteiger partial charge on any atom is -0.497 e. The number of hydrogen-bond donors (Lipinski definition) is 2. The molecule has 3 aromatic carbocycles. The summed E-state index contributed by atoms with van der Waals surface area (Å²) in [4.78, 5) is 29.8. The number of carbonyl (C=O) groups excluding carboxylic acids is 1. The molecule has 0 saturated carbocycles. The van der Waals surface area contributed by atoms with Gasteiger partial charge in [0.15, 0.2) is 4.34 Å². The van der Waals surface area contributed by atoms with Crippen molar-refractivity contribution in [2.45, 2.75) is 10.1 Å². The summed E-state index contributed by atoms with van der Waals surface area (Å²) in [7, 11) is 3.26. The highest BCUT2D eigenvalue weighted by atomic mass is 79.9. The van der Waals surface area contributed by atoms with Crippen LogP contribution in [-0.4, -0.2) is 36.2 Å². The van der Waals surface area contributed by atoms with Gasteiger partial charge in [0.1, 0.15) is 11.5 Å². The number of rotatable bonds is 8. The highest BCUT2D eigenvalue weighted by Crippen LogP contribution is 2.42. The van der Waals surface area contributed by atoms with Gasteiger partial charge in [-0.3, -0.25) is 4.79 Å². The summed E-state index contributed by atoms with van der Waals surface area (Å²) in [6, 6.07) is 11.0. The Labute approximate surface area is 253 Å². The number of methoxy groups -OCH3 is 2. The van der Waals surface area contributed by atoms with Crippen LogP contribution in [0, 0.1) is 0 Å². The molecule has 0 fully saturated rings. The van der Waals surface area contributed by atoms with E-state index < -0.39 is 11.9 Å². The van der Waals surface area contributed by atoms with Crippen molar-refractivity contribution in [3.05, 3.63) is 71.0 Å². The Morgan fingerprint density at radius 1 is 0.973 bits per heavy atom. The van der Waals surface area contributed by atoms with E-state index in [-0.39, 0.29) is 15.6 Å². The lowest BCUT2D eigenvalue weighted by Gasteiger charge is -2.14. The molecular weight excluding hydrogens is 780 g/mol. The molecule has 1 heterocycles. The summed E-state index contributed by atoms with van der Waals surface area (Å²) in [6.45, 7) is 0. The summed E-state index contributed by atoms with van der Waals surface area (Å²) in [6.07, 6.45) is 0. The highest BCUT2D eigenvalue weighted by molar-refractivity contribution is 9.15. The molecule has 0 radical (unpaired) electrons. The third-order valence-corrected chi connectivity index (χ3v) is 12.2. The Hall–Kier alpha value is -1.64. The summed E-state index contributed by atoms with van der Waals surface area (Å²) in [5, 5.41) is 12.6. The van der Waals surface area contributed by atoms with Crippen molar-refractivity contribution >= 4 is 115 Å². The van der Waals surface area contributed by atoms with E-state index >= 15 is 0 Å². The van der Waals surface area contributed by atoms with Crippen LogP contribution in [0.1, 0.15) is 26.3 Å². The van der Waals surface area contributed by atoms with E-state index in [1.807, 2.05) is 30.3 Å². The van der Waals surface area contributed by atoms with E-state index in [9.17, 15) is 14.7 Å². The van der Waals surface area contributed by atoms with Crippen LogP contribution in [-0.2, 0) is 5.75 Å². The monoisotopic (exact) mass is 792 g/mol. The molecule has 7 nitrogen and oxygen atoms in total. The fraction of sp³-hybridized carbons (Fsp3) is 0.125. The average molecular weight is 796 g/mol. The number of carboxylic acid groups (broad SMARTS) is 1. The van der Waals surface area contributed by atoms with Crippen molar-refractivity contribution in [1.82, 2.24) is 4.98 Å². The van der Waals surface area contributed by atoms with Crippen molar-refractivity contribution in [2.75, 3.05) is 19.5 Å². The molecule has 4 aromatic rings. The van der Waals surface area contributed by atoms with Gasteiger partial charge in [-0.05, 0) is 100 Å². The van der Waals surface area contributed by atoms with Crippen molar-refractivity contribution < 1.29 is 24.2 Å². The number of nitrogens with zero attached hydrogens (tertiary/aromatic N) is 1. The Morgan fingerprint density at radius 2 is 1.68 bits per heavy atom. The lowest BCUT2D eigenvalue weighted by molar-refractivity contribution is 0.0691. The fourth-order valence-electron chi connectivity index (χ4n) is 3.42. The number of anilines is 1. The number of thioether (sulfide) groups is 1.